The molecule has 0 aliphatic carbocycles. The van der Waals surface area contributed by atoms with Gasteiger partial charge >= 0.3 is 0 Å². The third kappa shape index (κ3) is 4.12. The van der Waals surface area contributed by atoms with Crippen LogP contribution in [0.3, 0.4) is 0 Å². The highest BCUT2D eigenvalue weighted by atomic mass is 16.5. The number of anilines is 1. The van der Waals surface area contributed by atoms with Crippen LogP contribution in [0.4, 0.5) is 5.69 Å². The normalized spacial score (nSPS) is 15.7. The number of hydrogen-bond acceptors (Lipinski definition) is 5. The molecule has 1 aliphatic heterocycles. The van der Waals surface area contributed by atoms with Gasteiger partial charge in [0.2, 0.25) is 5.88 Å². The van der Waals surface area contributed by atoms with Crippen LogP contribution in [-0.2, 0) is 4.74 Å². The van der Waals surface area contributed by atoms with E-state index in [-0.39, 0.29) is 0 Å². The van der Waals surface area contributed by atoms with Gasteiger partial charge in [0.1, 0.15) is 0 Å². The summed E-state index contributed by atoms with van der Waals surface area (Å²) in [6.45, 7) is 4.34. The fourth-order valence-corrected chi connectivity index (χ4v) is 2.99. The molecule has 5 nitrogen and oxygen atoms in total. The Labute approximate surface area is 137 Å². The Balaban J connectivity index is 1.77. The van der Waals surface area contributed by atoms with Crippen molar-refractivity contribution in [1.82, 2.24) is 10.3 Å². The minimum Gasteiger partial charge on any atom is -0.477 e. The first-order valence-corrected chi connectivity index (χ1v) is 8.32. The van der Waals surface area contributed by atoms with Gasteiger partial charge in [-0.25, -0.2) is 4.98 Å². The van der Waals surface area contributed by atoms with Crippen LogP contribution in [0.5, 0.6) is 5.88 Å². The third-order valence-corrected chi connectivity index (χ3v) is 4.29. The topological polar surface area (TPSA) is 55.4 Å². The van der Waals surface area contributed by atoms with Gasteiger partial charge in [-0.15, -0.1) is 0 Å². The monoisotopic (exact) mass is 315 g/mol. The molecule has 0 atom stereocenters. The second kappa shape index (κ2) is 8.13. The summed E-state index contributed by atoms with van der Waals surface area (Å²) >= 11 is 0. The summed E-state index contributed by atoms with van der Waals surface area (Å²) in [6, 6.07) is 8.23. The van der Waals surface area contributed by atoms with E-state index in [4.69, 9.17) is 9.47 Å². The SMILES string of the molecule is COCCNc1cccc2ccnc(OCC3CCNCC3)c12. The molecule has 1 aliphatic rings. The summed E-state index contributed by atoms with van der Waals surface area (Å²) in [4.78, 5) is 4.47. The van der Waals surface area contributed by atoms with Crippen molar-refractivity contribution in [2.45, 2.75) is 12.8 Å². The van der Waals surface area contributed by atoms with Crippen LogP contribution in [-0.4, -0.2) is 44.9 Å². The fourth-order valence-electron chi connectivity index (χ4n) is 2.99. The van der Waals surface area contributed by atoms with E-state index in [1.54, 1.807) is 7.11 Å². The number of nitrogens with one attached hydrogen (secondary N) is 2. The van der Waals surface area contributed by atoms with Gasteiger partial charge in [-0.2, -0.15) is 0 Å². The molecule has 2 aromatic rings. The summed E-state index contributed by atoms with van der Waals surface area (Å²) in [5.74, 6) is 1.34. The lowest BCUT2D eigenvalue weighted by Crippen LogP contribution is -2.30. The van der Waals surface area contributed by atoms with Crippen molar-refractivity contribution < 1.29 is 9.47 Å². The highest BCUT2D eigenvalue weighted by Gasteiger charge is 2.15. The number of methoxy groups -OCH3 is 1. The Bertz CT molecular complexity index is 621. The predicted molar refractivity (Wildman–Crippen MR) is 93.2 cm³/mol. The molecule has 0 radical (unpaired) electrons. The van der Waals surface area contributed by atoms with Gasteiger partial charge in [-0.3, -0.25) is 0 Å². The molecule has 2 heterocycles. The zero-order chi connectivity index (χ0) is 15.9. The summed E-state index contributed by atoms with van der Waals surface area (Å²) in [7, 11) is 1.71. The average Bonchev–Trinajstić information content (AvgIpc) is 2.61. The molecule has 0 amide bonds. The van der Waals surface area contributed by atoms with Gasteiger partial charge in [-0.05, 0) is 49.4 Å². The van der Waals surface area contributed by atoms with Crippen LogP contribution in [0.1, 0.15) is 12.8 Å². The van der Waals surface area contributed by atoms with Crippen LogP contribution in [0.2, 0.25) is 0 Å². The Kier molecular flexibility index (Phi) is 5.66. The van der Waals surface area contributed by atoms with Gasteiger partial charge in [-0.1, -0.05) is 12.1 Å². The Morgan fingerprint density at radius 2 is 2.13 bits per heavy atom. The Hall–Kier alpha value is -1.85. The molecule has 1 aromatic heterocycles. The van der Waals surface area contributed by atoms with E-state index in [0.29, 0.717) is 12.5 Å². The first-order valence-electron chi connectivity index (χ1n) is 8.32. The standard InChI is InChI=1S/C18H25N3O2/c1-22-12-11-20-16-4-2-3-15-7-10-21-18(17(15)16)23-13-14-5-8-19-9-6-14/h2-4,7,10,14,19-20H,5-6,8-9,11-13H2,1H3. The van der Waals surface area contributed by atoms with Gasteiger partial charge in [0.25, 0.3) is 0 Å². The molecule has 0 bridgehead atoms. The maximum absolute atomic E-state index is 6.10. The van der Waals surface area contributed by atoms with Crippen LogP contribution in [0, 0.1) is 5.92 Å². The van der Waals surface area contributed by atoms with Crippen molar-refractivity contribution >= 4 is 16.5 Å². The molecule has 3 rings (SSSR count). The smallest absolute Gasteiger partial charge is 0.223 e. The summed E-state index contributed by atoms with van der Waals surface area (Å²) in [5, 5.41) is 9.00. The maximum atomic E-state index is 6.10. The predicted octanol–water partition coefficient (Wildman–Crippen LogP) is 2.67. The molecule has 1 fully saturated rings. The number of hydrogen-bond donors (Lipinski definition) is 2. The molecule has 1 aromatic carbocycles. The molecule has 23 heavy (non-hydrogen) atoms. The van der Waals surface area contributed by atoms with Crippen molar-refractivity contribution in [1.29, 1.82) is 0 Å². The molecule has 0 saturated carbocycles. The molecule has 2 N–H and O–H groups in total. The molecular formula is C18H25N3O2. The van der Waals surface area contributed by atoms with Gasteiger partial charge in [0.15, 0.2) is 0 Å². The lowest BCUT2D eigenvalue weighted by molar-refractivity contribution is 0.210. The molecule has 0 spiro atoms. The van der Waals surface area contributed by atoms with Crippen molar-refractivity contribution in [3.8, 4) is 5.88 Å². The summed E-state index contributed by atoms with van der Waals surface area (Å²) in [5.41, 5.74) is 1.05. The largest absolute Gasteiger partial charge is 0.477 e. The summed E-state index contributed by atoms with van der Waals surface area (Å²) < 4.78 is 11.2. The zero-order valence-corrected chi connectivity index (χ0v) is 13.7. The Morgan fingerprint density at radius 1 is 1.26 bits per heavy atom. The van der Waals surface area contributed by atoms with Crippen molar-refractivity contribution in [3.05, 3.63) is 30.5 Å². The lowest BCUT2D eigenvalue weighted by atomic mass is 9.99. The van der Waals surface area contributed by atoms with Crippen LogP contribution in [0.25, 0.3) is 10.8 Å². The average molecular weight is 315 g/mol. The number of ether oxygens (including phenoxy) is 2. The van der Waals surface area contributed by atoms with Crippen LogP contribution < -0.4 is 15.4 Å². The van der Waals surface area contributed by atoms with Gasteiger partial charge in [0, 0.05) is 25.5 Å². The third-order valence-electron chi connectivity index (χ3n) is 4.29. The highest BCUT2D eigenvalue weighted by molar-refractivity contribution is 5.97. The number of fused-ring (bicyclic) bond motifs is 1. The van der Waals surface area contributed by atoms with E-state index in [1.165, 1.54) is 12.8 Å². The van der Waals surface area contributed by atoms with E-state index in [9.17, 15) is 0 Å². The van der Waals surface area contributed by atoms with Crippen LogP contribution >= 0.6 is 0 Å². The van der Waals surface area contributed by atoms with Crippen molar-refractivity contribution in [2.24, 2.45) is 5.92 Å². The van der Waals surface area contributed by atoms with E-state index in [2.05, 4.69) is 27.8 Å². The Morgan fingerprint density at radius 3 is 2.96 bits per heavy atom. The minimum atomic E-state index is 0.613. The quantitative estimate of drug-likeness (QED) is 0.769. The number of rotatable bonds is 7. The van der Waals surface area contributed by atoms with Crippen molar-refractivity contribution in [3.63, 3.8) is 0 Å². The van der Waals surface area contributed by atoms with E-state index >= 15 is 0 Å². The van der Waals surface area contributed by atoms with Crippen LogP contribution in [0.15, 0.2) is 30.5 Å². The number of nitrogens with zero attached hydrogens (tertiary/aromatic N) is 1. The maximum Gasteiger partial charge on any atom is 0.223 e. The second-order valence-electron chi connectivity index (χ2n) is 5.94. The van der Waals surface area contributed by atoms with Crippen molar-refractivity contribution in [2.75, 3.05) is 45.3 Å². The highest BCUT2D eigenvalue weighted by Crippen LogP contribution is 2.31. The van der Waals surface area contributed by atoms with Gasteiger partial charge < -0.3 is 20.1 Å². The summed E-state index contributed by atoms with van der Waals surface area (Å²) in [6.07, 6.45) is 4.16. The fraction of sp³-hybridized carbons (Fsp3) is 0.500. The van der Waals surface area contributed by atoms with E-state index < -0.39 is 0 Å². The van der Waals surface area contributed by atoms with Gasteiger partial charge in [0.05, 0.1) is 18.6 Å². The van der Waals surface area contributed by atoms with E-state index in [1.807, 2.05) is 18.3 Å². The molecule has 1 saturated heterocycles. The molecule has 124 valence electrons. The number of benzene rings is 1. The molecule has 0 unspecified atom stereocenters. The zero-order valence-electron chi connectivity index (χ0n) is 13.7. The lowest BCUT2D eigenvalue weighted by Gasteiger charge is -2.23. The number of pyridine rings is 1. The first-order chi connectivity index (χ1) is 11.4. The minimum absolute atomic E-state index is 0.613. The second-order valence-corrected chi connectivity index (χ2v) is 5.94. The van der Waals surface area contributed by atoms with E-state index in [0.717, 1.165) is 48.6 Å². The number of aromatic nitrogens is 1. The molecule has 5 heteroatoms. The number of piperidine rings is 1. The first kappa shape index (κ1) is 16.0. The molecular weight excluding hydrogens is 290 g/mol.